The molecular weight excluding hydrogens is 308 g/mol. The van der Waals surface area contributed by atoms with Crippen molar-refractivity contribution in [2.45, 2.75) is 24.4 Å². The first-order valence-corrected chi connectivity index (χ1v) is 3.45. The Bertz CT molecular complexity index is 151. The molecule has 0 spiro atoms. The summed E-state index contributed by atoms with van der Waals surface area (Å²) in [6.45, 7) is -0.547. The van der Waals surface area contributed by atoms with Crippen LogP contribution in [0.2, 0.25) is 0 Å². The molecule has 0 radical (unpaired) electrons. The molecule has 1 heterocycles. The summed E-state index contributed by atoms with van der Waals surface area (Å²) in [5.74, 6) is 0. The quantitative estimate of drug-likeness (QED) is 0.337. The van der Waals surface area contributed by atoms with Gasteiger partial charge in [0.05, 0.1) is 18.8 Å². The molecule has 0 saturated carbocycles. The third-order valence-electron chi connectivity index (χ3n) is 1.76. The first kappa shape index (κ1) is 14.1. The Morgan fingerprint density at radius 2 is 1.69 bits per heavy atom. The summed E-state index contributed by atoms with van der Waals surface area (Å²) in [5.41, 5.74) is 0. The van der Waals surface area contributed by atoms with Gasteiger partial charge in [-0.15, -0.1) is 0 Å². The zero-order chi connectivity index (χ0) is 9.30. The van der Waals surface area contributed by atoms with E-state index >= 15 is 0 Å². The van der Waals surface area contributed by atoms with E-state index in [2.05, 4.69) is 4.74 Å². The van der Waals surface area contributed by atoms with Gasteiger partial charge in [0.1, 0.15) is 6.10 Å². The molecule has 76 valence electrons. The van der Waals surface area contributed by atoms with E-state index in [0.717, 1.165) is 0 Å². The summed E-state index contributed by atoms with van der Waals surface area (Å²) in [6.07, 6.45) is -6.44. The molecule has 5 N–H and O–H groups in total. The van der Waals surface area contributed by atoms with Crippen LogP contribution < -0.4 is 0 Å². The van der Waals surface area contributed by atoms with Crippen LogP contribution in [0.25, 0.3) is 0 Å². The number of hydrogen-bond acceptors (Lipinski definition) is 6. The maximum absolute atomic E-state index is 9.11. The zero-order valence-corrected chi connectivity index (χ0v) is 9.80. The number of aliphatic hydroxyl groups excluding tert-OH is 5. The summed E-state index contributed by atoms with van der Waals surface area (Å²) >= 11 is 0. The molecule has 0 aromatic heterocycles. The molecule has 1 fully saturated rings. The average molecular weight is 319 g/mol. The molecule has 4 atom stereocenters. The van der Waals surface area contributed by atoms with Crippen molar-refractivity contribution < 1.29 is 72.0 Å². The molecule has 1 saturated heterocycles. The molecule has 0 aliphatic carbocycles. The Hall–Kier alpha value is 1.14. The van der Waals surface area contributed by atoms with Gasteiger partial charge in [-0.05, 0) is 0 Å². The van der Waals surface area contributed by atoms with Gasteiger partial charge >= 0.3 is 0 Å². The van der Waals surface area contributed by atoms with Gasteiger partial charge in [-0.25, -0.2) is 0 Å². The van der Waals surface area contributed by atoms with E-state index < -0.39 is 37.3 Å². The molecule has 0 amide bonds. The predicted octanol–water partition coefficient (Wildman–Crippen LogP) is -2.68. The van der Waals surface area contributed by atoms with Crippen molar-refractivity contribution in [3.05, 3.63) is 6.29 Å². The van der Waals surface area contributed by atoms with Gasteiger partial charge in [-0.3, -0.25) is 0 Å². The van der Waals surface area contributed by atoms with Crippen LogP contribution in [0.4, 0.5) is 0 Å². The average Bonchev–Trinajstić information content (AvgIpc) is 2.08. The molecule has 13 heavy (non-hydrogen) atoms. The molecule has 0 unspecified atom stereocenters. The van der Waals surface area contributed by atoms with Gasteiger partial charge < -0.3 is 30.3 Å². The molecular formula is C6H11CeO6-. The molecule has 0 bridgehead atoms. The second kappa shape index (κ2) is 5.88. The van der Waals surface area contributed by atoms with Crippen molar-refractivity contribution in [1.29, 1.82) is 0 Å². The fraction of sp³-hybridized carbons (Fsp3) is 0.833. The molecule has 0 aromatic rings. The molecule has 0 aromatic carbocycles. The Morgan fingerprint density at radius 3 is 2.15 bits per heavy atom. The summed E-state index contributed by atoms with van der Waals surface area (Å²) in [5, 5.41) is 44.5. The smallest absolute Gasteiger partial charge is 0.105 e. The number of hydrogen-bond donors (Lipinski definition) is 5. The van der Waals surface area contributed by atoms with Gasteiger partial charge in [0.2, 0.25) is 0 Å². The summed E-state index contributed by atoms with van der Waals surface area (Å²) in [6, 6.07) is 0. The minimum Gasteiger partial charge on any atom is -0.533 e. The van der Waals surface area contributed by atoms with E-state index in [9.17, 15) is 0 Å². The Balaban J connectivity index is 0.00000144. The first-order valence-electron chi connectivity index (χ1n) is 3.45. The third-order valence-corrected chi connectivity index (χ3v) is 1.76. The Kier molecular flexibility index (Phi) is 6.40. The largest absolute Gasteiger partial charge is 0.533 e. The Morgan fingerprint density at radius 1 is 1.15 bits per heavy atom. The van der Waals surface area contributed by atoms with Crippen molar-refractivity contribution in [3.63, 3.8) is 0 Å². The Labute approximate surface area is 109 Å². The molecule has 1 aliphatic rings. The van der Waals surface area contributed by atoms with Crippen LogP contribution in [0, 0.1) is 48.0 Å². The van der Waals surface area contributed by atoms with E-state index in [-0.39, 0.29) is 41.7 Å². The van der Waals surface area contributed by atoms with Crippen LogP contribution in [0.15, 0.2) is 0 Å². The van der Waals surface area contributed by atoms with Crippen LogP contribution in [-0.2, 0) is 4.74 Å². The maximum atomic E-state index is 9.11. The first-order chi connectivity index (χ1) is 5.57. The van der Waals surface area contributed by atoms with Gasteiger partial charge in [-0.1, -0.05) is 6.29 Å². The molecule has 6 nitrogen and oxygen atoms in total. The van der Waals surface area contributed by atoms with E-state index in [1.165, 1.54) is 0 Å². The monoisotopic (exact) mass is 319 g/mol. The van der Waals surface area contributed by atoms with Gasteiger partial charge in [0.25, 0.3) is 0 Å². The second-order valence-electron chi connectivity index (χ2n) is 2.60. The van der Waals surface area contributed by atoms with Crippen molar-refractivity contribution >= 4 is 0 Å². The van der Waals surface area contributed by atoms with Crippen LogP contribution in [0.5, 0.6) is 0 Å². The van der Waals surface area contributed by atoms with Gasteiger partial charge in [0.15, 0.2) is 0 Å². The van der Waals surface area contributed by atoms with Gasteiger partial charge in [0, 0.05) is 47.9 Å². The topological polar surface area (TPSA) is 110 Å². The minimum atomic E-state index is -1.62. The van der Waals surface area contributed by atoms with Gasteiger partial charge in [-0.2, -0.15) is 0 Å². The fourth-order valence-electron chi connectivity index (χ4n) is 0.993. The van der Waals surface area contributed by atoms with Crippen molar-refractivity contribution in [1.82, 2.24) is 0 Å². The molecule has 1 aliphatic heterocycles. The van der Waals surface area contributed by atoms with Crippen molar-refractivity contribution in [2.24, 2.45) is 0 Å². The van der Waals surface area contributed by atoms with Crippen LogP contribution in [0.1, 0.15) is 0 Å². The van der Waals surface area contributed by atoms with E-state index in [1.54, 1.807) is 0 Å². The SMILES string of the molecule is OC[C@H]1O[C-](O)[C@H](O)[C@@H](O)[C@@H]1O.[Ce]. The number of rotatable bonds is 1. The minimum absolute atomic E-state index is 0. The predicted molar refractivity (Wildman–Crippen MR) is 35.2 cm³/mol. The van der Waals surface area contributed by atoms with Crippen molar-refractivity contribution in [3.8, 4) is 0 Å². The molecule has 1 rings (SSSR count). The van der Waals surface area contributed by atoms with E-state index in [0.29, 0.717) is 0 Å². The summed E-state index contributed by atoms with van der Waals surface area (Å²) < 4.78 is 4.49. The third kappa shape index (κ3) is 3.04. The summed E-state index contributed by atoms with van der Waals surface area (Å²) in [4.78, 5) is 0. The van der Waals surface area contributed by atoms with Crippen LogP contribution in [-0.4, -0.2) is 56.6 Å². The fourth-order valence-corrected chi connectivity index (χ4v) is 0.993. The number of aliphatic hydroxyl groups is 5. The van der Waals surface area contributed by atoms with Crippen LogP contribution >= 0.6 is 0 Å². The summed E-state index contributed by atoms with van der Waals surface area (Å²) in [7, 11) is 0. The van der Waals surface area contributed by atoms with Crippen molar-refractivity contribution in [2.75, 3.05) is 6.61 Å². The van der Waals surface area contributed by atoms with E-state index in [4.69, 9.17) is 25.5 Å². The normalized spacial score (nSPS) is 41.3. The zero-order valence-electron chi connectivity index (χ0n) is 6.66. The maximum Gasteiger partial charge on any atom is 0.105 e. The standard InChI is InChI=1S/C6H11O6.Ce/c7-1-2-3(8)4(9)5(10)6(11)12-2;/h2-5,7-11H,1H2;/q-1;/t2-,3-,4+,5-;/m1./s1. The molecule has 7 heteroatoms. The second-order valence-corrected chi connectivity index (χ2v) is 2.60. The van der Waals surface area contributed by atoms with Crippen LogP contribution in [0.3, 0.4) is 0 Å². The number of ether oxygens (including phenoxy) is 1. The van der Waals surface area contributed by atoms with E-state index in [1.807, 2.05) is 0 Å².